The fourth-order valence-electron chi connectivity index (χ4n) is 3.88. The van der Waals surface area contributed by atoms with E-state index in [2.05, 4.69) is 20.8 Å². The summed E-state index contributed by atoms with van der Waals surface area (Å²) in [6.45, 7) is 0.652. The molecule has 0 radical (unpaired) electrons. The molecule has 1 aliphatic rings. The third-order valence-corrected chi connectivity index (χ3v) is 6.30. The van der Waals surface area contributed by atoms with Crippen LogP contribution in [0.1, 0.15) is 17.2 Å². The topological polar surface area (TPSA) is 130 Å². The van der Waals surface area contributed by atoms with E-state index >= 15 is 0 Å². The van der Waals surface area contributed by atoms with Crippen LogP contribution in [0.2, 0.25) is 0 Å². The number of primary sulfonamides is 1. The number of aromatic amines is 1. The lowest BCUT2D eigenvalue weighted by molar-refractivity contribution is -0.118. The first-order valence-corrected chi connectivity index (χ1v) is 11.2. The SMILES string of the molecule is NS(=O)(=O)c1cccc(-c2n[nH]c3ccc(NC(=O)C4NCc5ccccc54)cc23)c1. The average molecular weight is 433 g/mol. The summed E-state index contributed by atoms with van der Waals surface area (Å²) in [6, 6.07) is 19.2. The van der Waals surface area contributed by atoms with Gasteiger partial charge in [-0.2, -0.15) is 5.10 Å². The number of rotatable bonds is 4. The Kier molecular flexibility index (Phi) is 4.58. The van der Waals surface area contributed by atoms with E-state index in [9.17, 15) is 13.2 Å². The van der Waals surface area contributed by atoms with Gasteiger partial charge in [-0.25, -0.2) is 13.6 Å². The largest absolute Gasteiger partial charge is 0.324 e. The summed E-state index contributed by atoms with van der Waals surface area (Å²) < 4.78 is 23.4. The molecule has 31 heavy (non-hydrogen) atoms. The molecular formula is C22H19N5O3S. The number of anilines is 1. The van der Waals surface area contributed by atoms with Crippen LogP contribution >= 0.6 is 0 Å². The van der Waals surface area contributed by atoms with Crippen LogP contribution in [0.5, 0.6) is 0 Å². The highest BCUT2D eigenvalue weighted by molar-refractivity contribution is 7.89. The number of H-pyrrole nitrogens is 1. The zero-order chi connectivity index (χ0) is 21.6. The van der Waals surface area contributed by atoms with Crippen molar-refractivity contribution in [2.24, 2.45) is 5.14 Å². The van der Waals surface area contributed by atoms with Gasteiger partial charge < -0.3 is 5.32 Å². The second-order valence-corrected chi connectivity index (χ2v) is 8.97. The average Bonchev–Trinajstić information content (AvgIpc) is 3.37. The number of carbonyl (C=O) groups excluding carboxylic acids is 1. The molecule has 0 aliphatic carbocycles. The van der Waals surface area contributed by atoms with Crippen LogP contribution in [-0.2, 0) is 21.4 Å². The Morgan fingerprint density at radius 2 is 1.90 bits per heavy atom. The van der Waals surface area contributed by atoms with Gasteiger partial charge in [-0.05, 0) is 41.5 Å². The van der Waals surface area contributed by atoms with Crippen LogP contribution in [0.3, 0.4) is 0 Å². The second kappa shape index (κ2) is 7.31. The number of fused-ring (bicyclic) bond motifs is 2. The van der Waals surface area contributed by atoms with E-state index in [0.29, 0.717) is 23.5 Å². The summed E-state index contributed by atoms with van der Waals surface area (Å²) in [5, 5.41) is 19.5. The van der Waals surface area contributed by atoms with E-state index in [4.69, 9.17) is 5.14 Å². The predicted molar refractivity (Wildman–Crippen MR) is 118 cm³/mol. The number of hydrogen-bond acceptors (Lipinski definition) is 5. The minimum absolute atomic E-state index is 0.0107. The van der Waals surface area contributed by atoms with Crippen molar-refractivity contribution in [3.8, 4) is 11.3 Å². The molecule has 1 aliphatic heterocycles. The summed E-state index contributed by atoms with van der Waals surface area (Å²) >= 11 is 0. The van der Waals surface area contributed by atoms with Crippen LogP contribution in [0.15, 0.2) is 71.6 Å². The van der Waals surface area contributed by atoms with Crippen molar-refractivity contribution in [1.29, 1.82) is 0 Å². The maximum atomic E-state index is 12.9. The molecular weight excluding hydrogens is 414 g/mol. The molecule has 5 rings (SSSR count). The molecule has 0 saturated carbocycles. The Hall–Kier alpha value is -3.53. The van der Waals surface area contributed by atoms with Gasteiger partial charge in [0.2, 0.25) is 15.9 Å². The normalized spacial score (nSPS) is 15.7. The van der Waals surface area contributed by atoms with E-state index in [1.54, 1.807) is 18.2 Å². The lowest BCUT2D eigenvalue weighted by Crippen LogP contribution is -2.27. The predicted octanol–water partition coefficient (Wildman–Crippen LogP) is 2.66. The quantitative estimate of drug-likeness (QED) is 0.393. The standard InChI is InChI=1S/C22H19N5O3S/c23-31(29,30)16-6-3-5-13(10-16)20-18-11-15(8-9-19(18)26-27-20)25-22(28)21-17-7-2-1-4-14(17)12-24-21/h1-11,21,24H,12H2,(H,25,28)(H,26,27)(H2,23,29,30). The van der Waals surface area contributed by atoms with Crippen molar-refractivity contribution in [2.75, 3.05) is 5.32 Å². The molecule has 1 unspecified atom stereocenters. The molecule has 0 fully saturated rings. The van der Waals surface area contributed by atoms with Gasteiger partial charge in [0, 0.05) is 23.2 Å². The van der Waals surface area contributed by atoms with Gasteiger partial charge in [0.1, 0.15) is 11.7 Å². The van der Waals surface area contributed by atoms with Gasteiger partial charge in [-0.3, -0.25) is 15.2 Å². The lowest BCUT2D eigenvalue weighted by atomic mass is 10.0. The van der Waals surface area contributed by atoms with Gasteiger partial charge in [0.05, 0.1) is 10.4 Å². The Bertz CT molecular complexity index is 1430. The molecule has 8 nitrogen and oxygen atoms in total. The molecule has 2 heterocycles. The van der Waals surface area contributed by atoms with Crippen molar-refractivity contribution in [3.63, 3.8) is 0 Å². The summed E-state index contributed by atoms with van der Waals surface area (Å²) in [5.74, 6) is -0.148. The molecule has 0 saturated heterocycles. The molecule has 1 amide bonds. The number of amides is 1. The highest BCUT2D eigenvalue weighted by atomic mass is 32.2. The van der Waals surface area contributed by atoms with Crippen LogP contribution in [0.25, 0.3) is 22.2 Å². The summed E-state index contributed by atoms with van der Waals surface area (Å²) in [7, 11) is -3.83. The number of nitrogens with one attached hydrogen (secondary N) is 3. The molecule has 4 aromatic rings. The van der Waals surface area contributed by atoms with Crippen molar-refractivity contribution < 1.29 is 13.2 Å². The Morgan fingerprint density at radius 1 is 1.06 bits per heavy atom. The monoisotopic (exact) mass is 433 g/mol. The van der Waals surface area contributed by atoms with E-state index < -0.39 is 16.1 Å². The van der Waals surface area contributed by atoms with E-state index in [-0.39, 0.29) is 10.8 Å². The number of aromatic nitrogens is 2. The number of carbonyl (C=O) groups is 1. The van der Waals surface area contributed by atoms with Gasteiger partial charge in [-0.15, -0.1) is 0 Å². The first kappa shape index (κ1) is 19.4. The fraction of sp³-hybridized carbons (Fsp3) is 0.0909. The van der Waals surface area contributed by atoms with Crippen LogP contribution < -0.4 is 15.8 Å². The molecule has 9 heteroatoms. The molecule has 3 aromatic carbocycles. The zero-order valence-electron chi connectivity index (χ0n) is 16.3. The fourth-order valence-corrected chi connectivity index (χ4v) is 4.44. The second-order valence-electron chi connectivity index (χ2n) is 7.41. The van der Waals surface area contributed by atoms with Crippen molar-refractivity contribution in [2.45, 2.75) is 17.5 Å². The van der Waals surface area contributed by atoms with Crippen molar-refractivity contribution in [3.05, 3.63) is 77.9 Å². The van der Waals surface area contributed by atoms with Gasteiger partial charge in [-0.1, -0.05) is 36.4 Å². The lowest BCUT2D eigenvalue weighted by Gasteiger charge is -2.13. The Morgan fingerprint density at radius 3 is 2.74 bits per heavy atom. The molecule has 1 aromatic heterocycles. The molecule has 1 atom stereocenters. The van der Waals surface area contributed by atoms with Gasteiger partial charge in [0.15, 0.2) is 0 Å². The summed E-state index contributed by atoms with van der Waals surface area (Å²) in [6.07, 6.45) is 0. The molecule has 0 spiro atoms. The molecule has 156 valence electrons. The van der Waals surface area contributed by atoms with Crippen LogP contribution in [0.4, 0.5) is 5.69 Å². The highest BCUT2D eigenvalue weighted by Gasteiger charge is 2.27. The number of nitrogens with two attached hydrogens (primary N) is 1. The van der Waals surface area contributed by atoms with Gasteiger partial charge in [0.25, 0.3) is 0 Å². The first-order chi connectivity index (χ1) is 14.9. The molecule has 5 N–H and O–H groups in total. The summed E-state index contributed by atoms with van der Waals surface area (Å²) in [4.78, 5) is 12.9. The number of sulfonamides is 1. The smallest absolute Gasteiger partial charge is 0.246 e. The van der Waals surface area contributed by atoms with E-state index in [0.717, 1.165) is 22.0 Å². The number of nitrogens with zero attached hydrogens (tertiary/aromatic N) is 1. The summed E-state index contributed by atoms with van der Waals surface area (Å²) in [5.41, 5.74) is 4.65. The number of benzene rings is 3. The highest BCUT2D eigenvalue weighted by Crippen LogP contribution is 2.31. The minimum atomic E-state index is -3.83. The minimum Gasteiger partial charge on any atom is -0.324 e. The van der Waals surface area contributed by atoms with Crippen LogP contribution in [0, 0.1) is 0 Å². The number of hydrogen-bond donors (Lipinski definition) is 4. The first-order valence-electron chi connectivity index (χ1n) is 9.63. The third kappa shape index (κ3) is 3.59. The third-order valence-electron chi connectivity index (χ3n) is 5.39. The Balaban J connectivity index is 1.47. The maximum Gasteiger partial charge on any atom is 0.246 e. The van der Waals surface area contributed by atoms with Crippen LogP contribution in [-0.4, -0.2) is 24.5 Å². The Labute approximate surface area is 178 Å². The van der Waals surface area contributed by atoms with E-state index in [1.165, 1.54) is 12.1 Å². The van der Waals surface area contributed by atoms with Crippen molar-refractivity contribution in [1.82, 2.24) is 15.5 Å². The zero-order valence-corrected chi connectivity index (χ0v) is 17.1. The maximum absolute atomic E-state index is 12.9. The van der Waals surface area contributed by atoms with Crippen molar-refractivity contribution >= 4 is 32.5 Å². The van der Waals surface area contributed by atoms with E-state index in [1.807, 2.05) is 36.4 Å². The van der Waals surface area contributed by atoms with Gasteiger partial charge >= 0.3 is 0 Å². The molecule has 0 bridgehead atoms.